The number of rotatable bonds is 3. The lowest BCUT2D eigenvalue weighted by Gasteiger charge is -2.10. The van der Waals surface area contributed by atoms with Gasteiger partial charge in [0.05, 0.1) is 22.2 Å². The first-order valence-corrected chi connectivity index (χ1v) is 7.92. The molecule has 3 aromatic rings. The van der Waals surface area contributed by atoms with Crippen LogP contribution in [0, 0.1) is 5.92 Å². The second-order valence-corrected chi connectivity index (χ2v) is 6.17. The topological polar surface area (TPSA) is 79.8 Å². The van der Waals surface area contributed by atoms with Gasteiger partial charge in [-0.3, -0.25) is 19.4 Å². The van der Waals surface area contributed by atoms with E-state index < -0.39 is 17.3 Å². The summed E-state index contributed by atoms with van der Waals surface area (Å²) in [5, 5.41) is 5.38. The molecular weight excluding hydrogens is 349 g/mol. The summed E-state index contributed by atoms with van der Waals surface area (Å²) in [4.78, 5) is 28.0. The molecule has 0 bridgehead atoms. The van der Waals surface area contributed by atoms with Crippen molar-refractivity contribution >= 4 is 22.6 Å². The lowest BCUT2D eigenvalue weighted by Crippen LogP contribution is -2.14. The first-order chi connectivity index (χ1) is 12.3. The number of fused-ring (bicyclic) bond motifs is 1. The summed E-state index contributed by atoms with van der Waals surface area (Å²) in [5.41, 5.74) is -0.827. The number of H-pyrrole nitrogens is 1. The molecule has 2 N–H and O–H groups in total. The van der Waals surface area contributed by atoms with Crippen LogP contribution in [0.15, 0.2) is 41.3 Å². The molecular formula is C17H13F3N4O2. The summed E-state index contributed by atoms with van der Waals surface area (Å²) in [6.07, 6.45) is -1.55. The third-order valence-corrected chi connectivity index (χ3v) is 4.21. The Morgan fingerprint density at radius 2 is 2.04 bits per heavy atom. The number of anilines is 1. The number of benzene rings is 1. The van der Waals surface area contributed by atoms with Gasteiger partial charge in [-0.2, -0.15) is 13.2 Å². The normalized spacial score (nSPS) is 14.6. The largest absolute Gasteiger partial charge is 0.416 e. The molecule has 6 nitrogen and oxygen atoms in total. The Kier molecular flexibility index (Phi) is 3.60. The van der Waals surface area contributed by atoms with Crippen LogP contribution in [0.4, 0.5) is 19.0 Å². The fraction of sp³-hybridized carbons (Fsp3) is 0.235. The van der Waals surface area contributed by atoms with E-state index in [0.29, 0.717) is 5.52 Å². The molecule has 2 aromatic heterocycles. The van der Waals surface area contributed by atoms with E-state index in [1.807, 2.05) is 0 Å². The summed E-state index contributed by atoms with van der Waals surface area (Å²) >= 11 is 0. The van der Waals surface area contributed by atoms with E-state index in [9.17, 15) is 22.8 Å². The van der Waals surface area contributed by atoms with Gasteiger partial charge >= 0.3 is 6.18 Å². The molecule has 1 aliphatic rings. The summed E-state index contributed by atoms with van der Waals surface area (Å²) < 4.78 is 40.1. The van der Waals surface area contributed by atoms with Crippen LogP contribution in [0.25, 0.3) is 16.6 Å². The number of aromatic amines is 1. The number of carbonyl (C=O) groups excluding carboxylic acids is 1. The minimum absolute atomic E-state index is 0.0237. The van der Waals surface area contributed by atoms with E-state index in [1.165, 1.54) is 29.1 Å². The smallest absolute Gasteiger partial charge is 0.310 e. The zero-order chi connectivity index (χ0) is 18.5. The maximum absolute atomic E-state index is 13.0. The van der Waals surface area contributed by atoms with Gasteiger partial charge in [0, 0.05) is 18.2 Å². The van der Waals surface area contributed by atoms with Crippen LogP contribution < -0.4 is 10.9 Å². The Morgan fingerprint density at radius 3 is 2.73 bits per heavy atom. The molecule has 0 aliphatic heterocycles. The van der Waals surface area contributed by atoms with Gasteiger partial charge in [-0.05, 0) is 31.0 Å². The lowest BCUT2D eigenvalue weighted by atomic mass is 10.2. The van der Waals surface area contributed by atoms with E-state index in [2.05, 4.69) is 15.4 Å². The SMILES string of the molecule is O=C(Nc1cc2c(cn1)c(=O)[nH]n2-c1cccc(C(F)(F)F)c1)C1CC1. The molecule has 1 aliphatic carbocycles. The zero-order valence-electron chi connectivity index (χ0n) is 13.3. The molecule has 0 unspecified atom stereocenters. The van der Waals surface area contributed by atoms with Crippen molar-refractivity contribution in [3.63, 3.8) is 0 Å². The average Bonchev–Trinajstić information content (AvgIpc) is 3.39. The summed E-state index contributed by atoms with van der Waals surface area (Å²) in [6.45, 7) is 0. The van der Waals surface area contributed by atoms with E-state index in [1.54, 1.807) is 0 Å². The quantitative estimate of drug-likeness (QED) is 0.751. The van der Waals surface area contributed by atoms with Crippen molar-refractivity contribution in [3.05, 3.63) is 52.4 Å². The van der Waals surface area contributed by atoms with E-state index in [4.69, 9.17) is 0 Å². The molecule has 1 amide bonds. The van der Waals surface area contributed by atoms with E-state index in [-0.39, 0.29) is 28.7 Å². The molecule has 1 saturated carbocycles. The number of aromatic nitrogens is 3. The molecule has 1 fully saturated rings. The Labute approximate surface area is 144 Å². The molecule has 9 heteroatoms. The van der Waals surface area contributed by atoms with Gasteiger partial charge in [-0.15, -0.1) is 0 Å². The molecule has 1 aromatic carbocycles. The molecule has 4 rings (SSSR count). The van der Waals surface area contributed by atoms with Gasteiger partial charge in [0.15, 0.2) is 0 Å². The number of carbonyl (C=O) groups is 1. The highest BCUT2D eigenvalue weighted by molar-refractivity contribution is 5.94. The highest BCUT2D eigenvalue weighted by Crippen LogP contribution is 2.31. The standard InChI is InChI=1S/C17H13F3N4O2/c18-17(19,20)10-2-1-3-11(6-10)24-13-7-14(22-15(25)9-4-5-9)21-8-12(13)16(26)23-24/h1-3,6-9H,4-5H2,(H,23,26)(H,21,22,25). The molecule has 2 heterocycles. The molecule has 0 saturated heterocycles. The van der Waals surface area contributed by atoms with Crippen molar-refractivity contribution < 1.29 is 18.0 Å². The van der Waals surface area contributed by atoms with Gasteiger partial charge in [0.1, 0.15) is 5.82 Å². The van der Waals surface area contributed by atoms with Crippen molar-refractivity contribution in [2.75, 3.05) is 5.32 Å². The number of hydrogen-bond acceptors (Lipinski definition) is 3. The summed E-state index contributed by atoms with van der Waals surface area (Å²) in [5.74, 6) is 0.0684. The summed E-state index contributed by atoms with van der Waals surface area (Å²) in [7, 11) is 0. The number of nitrogens with one attached hydrogen (secondary N) is 2. The molecule has 0 spiro atoms. The maximum Gasteiger partial charge on any atom is 0.416 e. The van der Waals surface area contributed by atoms with Crippen LogP contribution >= 0.6 is 0 Å². The van der Waals surface area contributed by atoms with Gasteiger partial charge < -0.3 is 5.32 Å². The Balaban J connectivity index is 1.79. The predicted octanol–water partition coefficient (Wildman–Crippen LogP) is 3.08. The number of nitrogens with zero attached hydrogens (tertiary/aromatic N) is 2. The first-order valence-electron chi connectivity index (χ1n) is 7.92. The van der Waals surface area contributed by atoms with Crippen LogP contribution in [-0.4, -0.2) is 20.7 Å². The fourth-order valence-electron chi connectivity index (χ4n) is 2.69. The van der Waals surface area contributed by atoms with Crippen molar-refractivity contribution in [1.82, 2.24) is 14.8 Å². The Morgan fingerprint density at radius 1 is 1.27 bits per heavy atom. The van der Waals surface area contributed by atoms with Crippen molar-refractivity contribution in [2.45, 2.75) is 19.0 Å². The molecule has 26 heavy (non-hydrogen) atoms. The molecule has 0 atom stereocenters. The average molecular weight is 362 g/mol. The van der Waals surface area contributed by atoms with Crippen molar-refractivity contribution in [2.24, 2.45) is 5.92 Å². The third-order valence-electron chi connectivity index (χ3n) is 4.21. The highest BCUT2D eigenvalue weighted by Gasteiger charge is 2.31. The number of alkyl halides is 3. The van der Waals surface area contributed by atoms with Gasteiger partial charge in [0.25, 0.3) is 5.56 Å². The Bertz CT molecular complexity index is 1060. The fourth-order valence-corrected chi connectivity index (χ4v) is 2.69. The number of halogens is 3. The van der Waals surface area contributed by atoms with Crippen LogP contribution in [0.1, 0.15) is 18.4 Å². The van der Waals surface area contributed by atoms with E-state index >= 15 is 0 Å². The second-order valence-electron chi connectivity index (χ2n) is 6.17. The minimum Gasteiger partial charge on any atom is -0.310 e. The lowest BCUT2D eigenvalue weighted by molar-refractivity contribution is -0.137. The minimum atomic E-state index is -4.50. The predicted molar refractivity (Wildman–Crippen MR) is 88.0 cm³/mol. The van der Waals surface area contributed by atoms with Crippen LogP contribution in [0.2, 0.25) is 0 Å². The third kappa shape index (κ3) is 2.96. The maximum atomic E-state index is 13.0. The Hall–Kier alpha value is -3.10. The van der Waals surface area contributed by atoms with Gasteiger partial charge in [-0.25, -0.2) is 4.98 Å². The van der Waals surface area contributed by atoms with E-state index in [0.717, 1.165) is 25.0 Å². The highest BCUT2D eigenvalue weighted by atomic mass is 19.4. The van der Waals surface area contributed by atoms with Crippen molar-refractivity contribution in [1.29, 1.82) is 0 Å². The molecule has 134 valence electrons. The molecule has 0 radical (unpaired) electrons. The van der Waals surface area contributed by atoms with Crippen LogP contribution in [-0.2, 0) is 11.0 Å². The monoisotopic (exact) mass is 362 g/mol. The number of amides is 1. The second kappa shape index (κ2) is 5.72. The number of hydrogen-bond donors (Lipinski definition) is 2. The zero-order valence-corrected chi connectivity index (χ0v) is 13.3. The van der Waals surface area contributed by atoms with Crippen LogP contribution in [0.5, 0.6) is 0 Å². The summed E-state index contributed by atoms with van der Waals surface area (Å²) in [6, 6.07) is 6.08. The van der Waals surface area contributed by atoms with Gasteiger partial charge in [0.2, 0.25) is 5.91 Å². The number of pyridine rings is 1. The van der Waals surface area contributed by atoms with Crippen molar-refractivity contribution in [3.8, 4) is 5.69 Å². The van der Waals surface area contributed by atoms with Crippen LogP contribution in [0.3, 0.4) is 0 Å². The van der Waals surface area contributed by atoms with Gasteiger partial charge in [-0.1, -0.05) is 6.07 Å². The first kappa shape index (κ1) is 16.4.